The molecule has 168 valence electrons. The molecular weight excluding hydrogens is 438 g/mol. The Morgan fingerprint density at radius 2 is 1.87 bits per heavy atom. The van der Waals surface area contributed by atoms with Gasteiger partial charge in [-0.15, -0.1) is 0 Å². The molecule has 0 saturated carbocycles. The van der Waals surface area contributed by atoms with E-state index in [2.05, 4.69) is 10.2 Å². The third-order valence-electron chi connectivity index (χ3n) is 5.14. The first-order chi connectivity index (χ1) is 14.9. The van der Waals surface area contributed by atoms with Crippen molar-refractivity contribution in [3.8, 4) is 0 Å². The summed E-state index contributed by atoms with van der Waals surface area (Å²) in [5.74, 6) is -0.360. The molecule has 1 saturated heterocycles. The molecule has 0 radical (unpaired) electrons. The van der Waals surface area contributed by atoms with Crippen molar-refractivity contribution >= 4 is 33.2 Å². The van der Waals surface area contributed by atoms with Crippen LogP contribution in [0.25, 0.3) is 0 Å². The van der Waals surface area contributed by atoms with E-state index < -0.39 is 10.0 Å². The fourth-order valence-corrected chi connectivity index (χ4v) is 5.08. The van der Waals surface area contributed by atoms with Crippen LogP contribution in [-0.2, 0) is 19.6 Å². The number of aryl methyl sites for hydroxylation is 1. The number of sulfonamides is 1. The molecule has 7 nitrogen and oxygen atoms in total. The topological polar surface area (TPSA) is 79.0 Å². The molecule has 2 aromatic rings. The van der Waals surface area contributed by atoms with Crippen molar-refractivity contribution in [3.63, 3.8) is 0 Å². The van der Waals surface area contributed by atoms with Crippen LogP contribution in [0.15, 0.2) is 53.4 Å². The van der Waals surface area contributed by atoms with Gasteiger partial charge in [-0.3, -0.25) is 14.0 Å². The van der Waals surface area contributed by atoms with Gasteiger partial charge in [-0.1, -0.05) is 35.9 Å². The van der Waals surface area contributed by atoms with E-state index in [0.29, 0.717) is 22.8 Å². The molecule has 3 rings (SSSR count). The zero-order chi connectivity index (χ0) is 22.3. The Morgan fingerprint density at radius 1 is 1.16 bits per heavy atom. The number of nitrogens with zero attached hydrogens (tertiary/aromatic N) is 2. The lowest BCUT2D eigenvalue weighted by Crippen LogP contribution is -2.42. The largest absolute Gasteiger partial charge is 0.379 e. The maximum absolute atomic E-state index is 13.4. The van der Waals surface area contributed by atoms with Crippen LogP contribution in [0.3, 0.4) is 0 Å². The number of carbonyl (C=O) groups excluding carboxylic acids is 1. The number of amides is 1. The third-order valence-corrected chi connectivity index (χ3v) is 7.14. The second-order valence-corrected chi connectivity index (χ2v) is 9.71. The van der Waals surface area contributed by atoms with Crippen molar-refractivity contribution in [2.24, 2.45) is 0 Å². The molecular formula is C22H28ClN3O4S. The molecule has 1 aliphatic rings. The lowest BCUT2D eigenvalue weighted by molar-refractivity contribution is -0.119. The average molecular weight is 466 g/mol. The van der Waals surface area contributed by atoms with E-state index in [0.717, 1.165) is 43.6 Å². The Bertz CT molecular complexity index is 980. The maximum atomic E-state index is 13.4. The summed E-state index contributed by atoms with van der Waals surface area (Å²) in [4.78, 5) is 15.1. The highest BCUT2D eigenvalue weighted by Crippen LogP contribution is 2.29. The van der Waals surface area contributed by atoms with Crippen LogP contribution >= 0.6 is 11.6 Å². The molecule has 0 bridgehead atoms. The summed E-state index contributed by atoms with van der Waals surface area (Å²) in [5, 5.41) is 3.25. The van der Waals surface area contributed by atoms with E-state index >= 15 is 0 Å². The van der Waals surface area contributed by atoms with Crippen molar-refractivity contribution in [2.45, 2.75) is 18.2 Å². The first-order valence-corrected chi connectivity index (χ1v) is 12.1. The Hall–Kier alpha value is -2.13. The van der Waals surface area contributed by atoms with Crippen LogP contribution in [-0.4, -0.2) is 65.2 Å². The van der Waals surface area contributed by atoms with Gasteiger partial charge in [0.25, 0.3) is 10.0 Å². The number of ether oxygens (including phenoxy) is 1. The minimum Gasteiger partial charge on any atom is -0.379 e. The van der Waals surface area contributed by atoms with Gasteiger partial charge in [-0.25, -0.2) is 8.42 Å². The standard InChI is InChI=1S/C22H28ClN3O4S/c1-18-8-9-19(23)16-21(18)26(31(28,29)20-6-3-2-4-7-20)17-22(27)24-10-5-11-25-12-14-30-15-13-25/h2-4,6-9,16H,5,10-15,17H2,1H3,(H,24,27). The Labute approximate surface area is 189 Å². The maximum Gasteiger partial charge on any atom is 0.264 e. The van der Waals surface area contributed by atoms with Crippen molar-refractivity contribution in [1.82, 2.24) is 10.2 Å². The summed E-state index contributed by atoms with van der Waals surface area (Å²) in [6, 6.07) is 13.1. The van der Waals surface area contributed by atoms with Gasteiger partial charge >= 0.3 is 0 Å². The number of anilines is 1. The third kappa shape index (κ3) is 6.43. The van der Waals surface area contributed by atoms with Crippen LogP contribution in [0.4, 0.5) is 5.69 Å². The molecule has 1 aliphatic heterocycles. The average Bonchev–Trinajstić information content (AvgIpc) is 2.78. The quantitative estimate of drug-likeness (QED) is 0.576. The molecule has 0 atom stereocenters. The Morgan fingerprint density at radius 3 is 2.58 bits per heavy atom. The van der Waals surface area contributed by atoms with E-state index in [1.807, 2.05) is 0 Å². The Kier molecular flexibility index (Phi) is 8.31. The summed E-state index contributed by atoms with van der Waals surface area (Å²) in [5.41, 5.74) is 1.10. The van der Waals surface area contributed by atoms with E-state index in [-0.39, 0.29) is 17.3 Å². The predicted molar refractivity (Wildman–Crippen MR) is 122 cm³/mol. The lowest BCUT2D eigenvalue weighted by Gasteiger charge is -2.27. The predicted octanol–water partition coefficient (Wildman–Crippen LogP) is 2.68. The molecule has 0 aliphatic carbocycles. The van der Waals surface area contributed by atoms with Gasteiger partial charge in [-0.05, 0) is 49.7 Å². The van der Waals surface area contributed by atoms with Crippen LogP contribution in [0.2, 0.25) is 5.02 Å². The number of carbonyl (C=O) groups is 1. The van der Waals surface area contributed by atoms with Crippen LogP contribution in [0, 0.1) is 6.92 Å². The first kappa shape index (κ1) is 23.5. The fraction of sp³-hybridized carbons (Fsp3) is 0.409. The van der Waals surface area contributed by atoms with Gasteiger partial charge in [0.1, 0.15) is 6.54 Å². The highest BCUT2D eigenvalue weighted by Gasteiger charge is 2.28. The number of halogens is 1. The smallest absolute Gasteiger partial charge is 0.264 e. The zero-order valence-electron chi connectivity index (χ0n) is 17.6. The van der Waals surface area contributed by atoms with E-state index in [1.165, 1.54) is 12.1 Å². The lowest BCUT2D eigenvalue weighted by atomic mass is 10.2. The van der Waals surface area contributed by atoms with Crippen molar-refractivity contribution < 1.29 is 17.9 Å². The van der Waals surface area contributed by atoms with E-state index in [9.17, 15) is 13.2 Å². The molecule has 0 spiro atoms. The van der Waals surface area contributed by atoms with Crippen LogP contribution in [0.1, 0.15) is 12.0 Å². The summed E-state index contributed by atoms with van der Waals surface area (Å²) in [6.45, 7) is 6.06. The number of morpholine rings is 1. The van der Waals surface area contributed by atoms with Crippen LogP contribution in [0.5, 0.6) is 0 Å². The summed E-state index contributed by atoms with van der Waals surface area (Å²) in [7, 11) is -3.94. The normalized spacial score (nSPS) is 14.9. The Balaban J connectivity index is 1.71. The minimum absolute atomic E-state index is 0.120. The highest BCUT2D eigenvalue weighted by molar-refractivity contribution is 7.92. The summed E-state index contributed by atoms with van der Waals surface area (Å²) >= 11 is 6.13. The molecule has 1 amide bonds. The van der Waals surface area contributed by atoms with Gasteiger partial charge < -0.3 is 10.1 Å². The molecule has 0 aromatic heterocycles. The SMILES string of the molecule is Cc1ccc(Cl)cc1N(CC(=O)NCCCN1CCOCC1)S(=O)(=O)c1ccccc1. The second-order valence-electron chi connectivity index (χ2n) is 7.41. The number of nitrogens with one attached hydrogen (secondary N) is 1. The molecule has 1 heterocycles. The molecule has 9 heteroatoms. The van der Waals surface area contributed by atoms with Crippen molar-refractivity contribution in [3.05, 3.63) is 59.1 Å². The van der Waals surface area contributed by atoms with Gasteiger partial charge in [0.15, 0.2) is 0 Å². The fourth-order valence-electron chi connectivity index (χ4n) is 3.41. The van der Waals surface area contributed by atoms with Crippen molar-refractivity contribution in [2.75, 3.05) is 50.2 Å². The number of rotatable bonds is 9. The monoisotopic (exact) mass is 465 g/mol. The summed E-state index contributed by atoms with van der Waals surface area (Å²) < 4.78 is 33.2. The molecule has 1 N–H and O–H groups in total. The number of hydrogen-bond acceptors (Lipinski definition) is 5. The molecule has 2 aromatic carbocycles. The molecule has 31 heavy (non-hydrogen) atoms. The highest BCUT2D eigenvalue weighted by atomic mass is 35.5. The van der Waals surface area contributed by atoms with Gasteiger partial charge in [0.2, 0.25) is 5.91 Å². The summed E-state index contributed by atoms with van der Waals surface area (Å²) in [6.07, 6.45) is 0.785. The molecule has 0 unspecified atom stereocenters. The minimum atomic E-state index is -3.94. The van der Waals surface area contributed by atoms with E-state index in [4.69, 9.17) is 16.3 Å². The van der Waals surface area contributed by atoms with Gasteiger partial charge in [0, 0.05) is 24.7 Å². The molecule has 1 fully saturated rings. The first-order valence-electron chi connectivity index (χ1n) is 10.3. The number of benzene rings is 2. The van der Waals surface area contributed by atoms with Gasteiger partial charge in [-0.2, -0.15) is 0 Å². The van der Waals surface area contributed by atoms with Crippen molar-refractivity contribution in [1.29, 1.82) is 0 Å². The van der Waals surface area contributed by atoms with E-state index in [1.54, 1.807) is 43.3 Å². The zero-order valence-corrected chi connectivity index (χ0v) is 19.2. The number of hydrogen-bond donors (Lipinski definition) is 1. The second kappa shape index (κ2) is 10.9. The van der Waals surface area contributed by atoms with Crippen LogP contribution < -0.4 is 9.62 Å². The van der Waals surface area contributed by atoms with Gasteiger partial charge in [0.05, 0.1) is 23.8 Å².